The van der Waals surface area contributed by atoms with Crippen LogP contribution in [0.1, 0.15) is 24.8 Å². The predicted molar refractivity (Wildman–Crippen MR) is 83.8 cm³/mol. The fourth-order valence-electron chi connectivity index (χ4n) is 2.30. The average Bonchev–Trinajstić information content (AvgIpc) is 2.80. The number of nitrogens with one attached hydrogen (secondary N) is 1. The molecule has 3 rings (SSSR count). The number of benzene rings is 1. The maximum absolute atomic E-state index is 12.0. The van der Waals surface area contributed by atoms with Crippen LogP contribution in [0.15, 0.2) is 30.5 Å². The molecule has 0 radical (unpaired) electrons. The van der Waals surface area contributed by atoms with Gasteiger partial charge in [-0.25, -0.2) is 4.68 Å². The number of anilines is 1. The zero-order valence-electron chi connectivity index (χ0n) is 11.4. The second-order valence-electron chi connectivity index (χ2n) is 5.20. The number of aromatic nitrogens is 2. The minimum Gasteiger partial charge on any atom is -0.311 e. The third-order valence-electron chi connectivity index (χ3n) is 3.80. The van der Waals surface area contributed by atoms with Crippen LogP contribution < -0.4 is 5.32 Å². The van der Waals surface area contributed by atoms with Gasteiger partial charge in [0.1, 0.15) is 5.82 Å². The Hall–Kier alpha value is -1.52. The van der Waals surface area contributed by atoms with E-state index in [0.29, 0.717) is 22.4 Å². The first-order chi connectivity index (χ1) is 10.1. The molecule has 1 heterocycles. The molecule has 21 heavy (non-hydrogen) atoms. The number of hydrogen-bond donors (Lipinski definition) is 1. The quantitative estimate of drug-likeness (QED) is 0.925. The lowest BCUT2D eigenvalue weighted by molar-refractivity contribution is -0.122. The molecule has 0 aliphatic heterocycles. The molecule has 0 saturated heterocycles. The van der Waals surface area contributed by atoms with Gasteiger partial charge in [-0.3, -0.25) is 4.79 Å². The summed E-state index contributed by atoms with van der Waals surface area (Å²) < 4.78 is 1.72. The number of halogens is 2. The Balaban J connectivity index is 1.76. The highest BCUT2D eigenvalue weighted by atomic mass is 35.5. The van der Waals surface area contributed by atoms with E-state index in [1.165, 1.54) is 0 Å². The number of carbonyl (C=O) groups is 1. The summed E-state index contributed by atoms with van der Waals surface area (Å²) in [6.45, 7) is 0.465. The number of carbonyl (C=O) groups excluding carboxylic acids is 1. The summed E-state index contributed by atoms with van der Waals surface area (Å²) in [5.41, 5.74) is 0.868. The van der Waals surface area contributed by atoms with Crippen molar-refractivity contribution in [3.8, 4) is 0 Å². The second-order valence-corrected chi connectivity index (χ2v) is 5.99. The molecule has 1 aliphatic carbocycles. The highest BCUT2D eigenvalue weighted by molar-refractivity contribution is 6.42. The third-order valence-corrected chi connectivity index (χ3v) is 4.65. The Morgan fingerprint density at radius 1 is 1.33 bits per heavy atom. The van der Waals surface area contributed by atoms with Crippen LogP contribution in [0.5, 0.6) is 0 Å². The highest BCUT2D eigenvalue weighted by Gasteiger charge is 2.25. The zero-order chi connectivity index (χ0) is 14.8. The molecule has 1 aliphatic rings. The van der Waals surface area contributed by atoms with Gasteiger partial charge in [-0.15, -0.1) is 0 Å². The van der Waals surface area contributed by atoms with E-state index < -0.39 is 0 Å². The van der Waals surface area contributed by atoms with Gasteiger partial charge >= 0.3 is 0 Å². The molecule has 1 fully saturated rings. The second kappa shape index (κ2) is 6.08. The Bertz CT molecular complexity index is 665. The molecular weight excluding hydrogens is 309 g/mol. The first-order valence-corrected chi connectivity index (χ1v) is 7.66. The summed E-state index contributed by atoms with van der Waals surface area (Å²) in [5, 5.41) is 8.21. The summed E-state index contributed by atoms with van der Waals surface area (Å²) >= 11 is 12.2. The standard InChI is InChI=1S/C15H15Cl2N3O/c16-12-6-2-5-11(14(12)17)9-20-13(7-8-18-20)19-15(21)10-3-1-4-10/h2,5-8,10H,1,3-4,9H2,(H,19,21). The summed E-state index contributed by atoms with van der Waals surface area (Å²) in [4.78, 5) is 12.0. The van der Waals surface area contributed by atoms with Crippen LogP contribution in [-0.2, 0) is 11.3 Å². The van der Waals surface area contributed by atoms with Gasteiger partial charge in [-0.1, -0.05) is 41.8 Å². The molecule has 0 atom stereocenters. The molecule has 1 aromatic carbocycles. The van der Waals surface area contributed by atoms with Crippen molar-refractivity contribution in [2.75, 3.05) is 5.32 Å². The van der Waals surface area contributed by atoms with Gasteiger partial charge in [0.25, 0.3) is 0 Å². The number of hydrogen-bond acceptors (Lipinski definition) is 2. The van der Waals surface area contributed by atoms with Crippen molar-refractivity contribution in [1.29, 1.82) is 0 Å². The minimum absolute atomic E-state index is 0.0696. The SMILES string of the molecule is O=C(Nc1ccnn1Cc1cccc(Cl)c1Cl)C1CCC1. The molecular formula is C15H15Cl2N3O. The molecule has 0 unspecified atom stereocenters. The van der Waals surface area contributed by atoms with Crippen LogP contribution in [0.3, 0.4) is 0 Å². The van der Waals surface area contributed by atoms with Crippen molar-refractivity contribution in [2.45, 2.75) is 25.8 Å². The summed E-state index contributed by atoms with van der Waals surface area (Å²) in [6.07, 6.45) is 4.74. The van der Waals surface area contributed by atoms with E-state index in [1.807, 2.05) is 12.1 Å². The Kier molecular flexibility index (Phi) is 4.17. The lowest BCUT2D eigenvalue weighted by Crippen LogP contribution is -2.29. The van der Waals surface area contributed by atoms with Crippen LogP contribution in [0.25, 0.3) is 0 Å². The molecule has 110 valence electrons. The summed E-state index contributed by atoms with van der Waals surface area (Å²) in [6, 6.07) is 7.28. The monoisotopic (exact) mass is 323 g/mol. The van der Waals surface area contributed by atoms with Gasteiger partial charge < -0.3 is 5.32 Å². The fourth-order valence-corrected chi connectivity index (χ4v) is 2.68. The molecule has 0 bridgehead atoms. The van der Waals surface area contributed by atoms with E-state index in [1.54, 1.807) is 23.0 Å². The van der Waals surface area contributed by atoms with E-state index >= 15 is 0 Å². The van der Waals surface area contributed by atoms with Gasteiger partial charge in [0, 0.05) is 12.0 Å². The number of nitrogens with zero attached hydrogens (tertiary/aromatic N) is 2. The smallest absolute Gasteiger partial charge is 0.228 e. The van der Waals surface area contributed by atoms with Crippen LogP contribution in [0, 0.1) is 5.92 Å². The summed E-state index contributed by atoms with van der Waals surface area (Å²) in [5.74, 6) is 0.895. The molecule has 0 spiro atoms. The normalized spacial score (nSPS) is 14.8. The Labute approximate surface area is 133 Å². The van der Waals surface area contributed by atoms with Gasteiger partial charge in [-0.2, -0.15) is 5.10 Å². The third kappa shape index (κ3) is 3.06. The van der Waals surface area contributed by atoms with Crippen molar-refractivity contribution >= 4 is 34.9 Å². The zero-order valence-corrected chi connectivity index (χ0v) is 12.9. The van der Waals surface area contributed by atoms with Crippen LogP contribution in [-0.4, -0.2) is 15.7 Å². The topological polar surface area (TPSA) is 46.9 Å². The maximum atomic E-state index is 12.0. The first-order valence-electron chi connectivity index (χ1n) is 6.90. The minimum atomic E-state index is 0.0696. The van der Waals surface area contributed by atoms with Crippen LogP contribution in [0.4, 0.5) is 5.82 Å². The molecule has 1 amide bonds. The Morgan fingerprint density at radius 3 is 2.86 bits per heavy atom. The van der Waals surface area contributed by atoms with Crippen LogP contribution >= 0.6 is 23.2 Å². The molecule has 1 saturated carbocycles. The van der Waals surface area contributed by atoms with E-state index in [9.17, 15) is 4.79 Å². The van der Waals surface area contributed by atoms with Gasteiger partial charge in [-0.05, 0) is 24.5 Å². The van der Waals surface area contributed by atoms with Gasteiger partial charge in [0.05, 0.1) is 22.8 Å². The van der Waals surface area contributed by atoms with Gasteiger partial charge in [0.15, 0.2) is 0 Å². The average molecular weight is 324 g/mol. The van der Waals surface area contributed by atoms with Crippen molar-refractivity contribution < 1.29 is 4.79 Å². The van der Waals surface area contributed by atoms with Crippen molar-refractivity contribution in [1.82, 2.24) is 9.78 Å². The number of amides is 1. The first kappa shape index (κ1) is 14.4. The van der Waals surface area contributed by atoms with E-state index in [0.717, 1.165) is 24.8 Å². The largest absolute Gasteiger partial charge is 0.311 e. The molecule has 2 aromatic rings. The molecule has 1 aromatic heterocycles. The van der Waals surface area contributed by atoms with E-state index in [2.05, 4.69) is 10.4 Å². The van der Waals surface area contributed by atoms with Gasteiger partial charge in [0.2, 0.25) is 5.91 Å². The van der Waals surface area contributed by atoms with Crippen molar-refractivity contribution in [3.05, 3.63) is 46.1 Å². The molecule has 4 nitrogen and oxygen atoms in total. The summed E-state index contributed by atoms with van der Waals surface area (Å²) in [7, 11) is 0. The lowest BCUT2D eigenvalue weighted by Gasteiger charge is -2.24. The number of rotatable bonds is 4. The lowest BCUT2D eigenvalue weighted by atomic mass is 9.85. The predicted octanol–water partition coefficient (Wildman–Crippen LogP) is 3.98. The molecule has 1 N–H and O–H groups in total. The van der Waals surface area contributed by atoms with E-state index in [-0.39, 0.29) is 11.8 Å². The maximum Gasteiger partial charge on any atom is 0.228 e. The van der Waals surface area contributed by atoms with Crippen molar-refractivity contribution in [3.63, 3.8) is 0 Å². The fraction of sp³-hybridized carbons (Fsp3) is 0.333. The highest BCUT2D eigenvalue weighted by Crippen LogP contribution is 2.29. The van der Waals surface area contributed by atoms with E-state index in [4.69, 9.17) is 23.2 Å². The van der Waals surface area contributed by atoms with Crippen LogP contribution in [0.2, 0.25) is 10.0 Å². The Morgan fingerprint density at radius 2 is 2.14 bits per heavy atom. The van der Waals surface area contributed by atoms with Crippen molar-refractivity contribution in [2.24, 2.45) is 5.92 Å². The molecule has 6 heteroatoms.